The van der Waals surface area contributed by atoms with Crippen molar-refractivity contribution in [2.24, 2.45) is 5.73 Å². The molecule has 1 fully saturated rings. The van der Waals surface area contributed by atoms with E-state index in [9.17, 15) is 14.7 Å². The highest BCUT2D eigenvalue weighted by molar-refractivity contribution is 6.09. The number of aliphatic hydroxyl groups excluding tert-OH is 1. The number of aliphatic hydroxyl groups is 1. The van der Waals surface area contributed by atoms with Gasteiger partial charge in [0.25, 0.3) is 5.56 Å². The molecule has 1 saturated heterocycles. The number of aromatic amines is 1. The van der Waals surface area contributed by atoms with Crippen molar-refractivity contribution in [3.63, 3.8) is 0 Å². The number of nitrogens with zero attached hydrogens (tertiary/aromatic N) is 4. The lowest BCUT2D eigenvalue weighted by Gasteiger charge is -2.35. The minimum Gasteiger partial charge on any atom is -0.404 e. The molecule has 32 heavy (non-hydrogen) atoms. The lowest BCUT2D eigenvalue weighted by atomic mass is 10.0. The molecule has 0 saturated carbocycles. The van der Waals surface area contributed by atoms with Crippen molar-refractivity contribution >= 4 is 39.6 Å². The molecule has 0 unspecified atom stereocenters. The van der Waals surface area contributed by atoms with Gasteiger partial charge in [-0.25, -0.2) is 9.78 Å². The van der Waals surface area contributed by atoms with Gasteiger partial charge in [-0.15, -0.1) is 0 Å². The van der Waals surface area contributed by atoms with Crippen LogP contribution in [0.15, 0.2) is 34.1 Å². The highest BCUT2D eigenvalue weighted by Crippen LogP contribution is 2.28. The van der Waals surface area contributed by atoms with Crippen LogP contribution in [0, 0.1) is 10.8 Å². The van der Waals surface area contributed by atoms with Crippen LogP contribution >= 0.6 is 0 Å². The Morgan fingerprint density at radius 2 is 2.06 bits per heavy atom. The number of nitrogens with two attached hydrogens (primary N) is 1. The molecule has 0 aromatic carbocycles. The van der Waals surface area contributed by atoms with Crippen LogP contribution in [0.5, 0.6) is 0 Å². The van der Waals surface area contributed by atoms with Crippen molar-refractivity contribution in [1.29, 1.82) is 10.8 Å². The monoisotopic (exact) mass is 436 g/mol. The fourth-order valence-electron chi connectivity index (χ4n) is 4.14. The molecule has 11 heteroatoms. The van der Waals surface area contributed by atoms with Crippen molar-refractivity contribution < 1.29 is 5.11 Å². The second-order valence-electron chi connectivity index (χ2n) is 7.76. The van der Waals surface area contributed by atoms with Gasteiger partial charge in [0.2, 0.25) is 0 Å². The van der Waals surface area contributed by atoms with Gasteiger partial charge in [-0.05, 0) is 31.9 Å². The van der Waals surface area contributed by atoms with E-state index in [-0.39, 0.29) is 17.3 Å². The van der Waals surface area contributed by atoms with E-state index in [2.05, 4.69) is 15.0 Å². The number of pyridine rings is 2. The van der Waals surface area contributed by atoms with Crippen LogP contribution < -0.4 is 17.0 Å². The minimum absolute atomic E-state index is 0.149. The third kappa shape index (κ3) is 3.56. The van der Waals surface area contributed by atoms with Gasteiger partial charge in [-0.3, -0.25) is 24.7 Å². The molecular formula is C21H24N8O3. The van der Waals surface area contributed by atoms with Gasteiger partial charge in [-0.2, -0.15) is 0 Å². The molecule has 11 nitrogen and oxygen atoms in total. The third-order valence-corrected chi connectivity index (χ3v) is 5.81. The number of aromatic nitrogens is 4. The first-order chi connectivity index (χ1) is 15.3. The smallest absolute Gasteiger partial charge is 0.329 e. The van der Waals surface area contributed by atoms with E-state index in [1.165, 1.54) is 12.4 Å². The van der Waals surface area contributed by atoms with E-state index in [0.29, 0.717) is 53.7 Å². The average Bonchev–Trinajstić information content (AvgIpc) is 2.79. The summed E-state index contributed by atoms with van der Waals surface area (Å²) in [6, 6.07) is 3.16. The van der Waals surface area contributed by atoms with E-state index < -0.39 is 17.4 Å². The number of rotatable bonds is 4. The molecule has 0 bridgehead atoms. The first kappa shape index (κ1) is 21.4. The van der Waals surface area contributed by atoms with Crippen LogP contribution in [0.2, 0.25) is 0 Å². The highest BCUT2D eigenvalue weighted by atomic mass is 16.3. The van der Waals surface area contributed by atoms with Crippen LogP contribution in [0.4, 0.5) is 0 Å². The van der Waals surface area contributed by atoms with Crippen molar-refractivity contribution in [1.82, 2.24) is 24.4 Å². The number of fused-ring (bicyclic) bond motifs is 3. The zero-order chi connectivity index (χ0) is 23.0. The van der Waals surface area contributed by atoms with Crippen LogP contribution in [0.25, 0.3) is 27.5 Å². The normalized spacial score (nSPS) is 16.4. The summed E-state index contributed by atoms with van der Waals surface area (Å²) in [6.45, 7) is 2.54. The highest BCUT2D eigenvalue weighted by Gasteiger charge is 2.27. The fourth-order valence-corrected chi connectivity index (χ4v) is 4.14. The van der Waals surface area contributed by atoms with Crippen LogP contribution in [0.3, 0.4) is 0 Å². The Balaban J connectivity index is 1.90. The first-order valence-corrected chi connectivity index (χ1v) is 10.2. The summed E-state index contributed by atoms with van der Waals surface area (Å²) in [5.41, 5.74) is 6.63. The molecule has 1 atom stereocenters. The average molecular weight is 436 g/mol. The molecule has 0 aliphatic carbocycles. The molecule has 0 radical (unpaired) electrons. The molecule has 4 heterocycles. The number of hydrogen-bond acceptors (Lipinski definition) is 8. The second kappa shape index (κ2) is 8.35. The Hall–Kier alpha value is -3.86. The van der Waals surface area contributed by atoms with E-state index in [1.54, 1.807) is 28.5 Å². The molecule has 1 aliphatic heterocycles. The number of H-pyrrole nitrogens is 1. The van der Waals surface area contributed by atoms with E-state index in [0.717, 1.165) is 6.21 Å². The molecule has 4 rings (SSSR count). The number of piperidine rings is 1. The van der Waals surface area contributed by atoms with Gasteiger partial charge in [-0.1, -0.05) is 0 Å². The van der Waals surface area contributed by atoms with Crippen molar-refractivity contribution in [3.05, 3.63) is 51.1 Å². The minimum atomic E-state index is -0.862. The predicted octanol–water partition coefficient (Wildman–Crippen LogP) is 0.577. The van der Waals surface area contributed by atoms with Gasteiger partial charge in [0.15, 0.2) is 0 Å². The Morgan fingerprint density at radius 3 is 2.69 bits per heavy atom. The summed E-state index contributed by atoms with van der Waals surface area (Å²) in [6.07, 6.45) is 4.02. The number of amidine groups is 1. The van der Waals surface area contributed by atoms with Crippen molar-refractivity contribution in [2.75, 3.05) is 13.1 Å². The van der Waals surface area contributed by atoms with Crippen LogP contribution in [-0.2, 0) is 0 Å². The van der Waals surface area contributed by atoms with E-state index in [4.69, 9.17) is 16.6 Å². The van der Waals surface area contributed by atoms with Gasteiger partial charge in [0, 0.05) is 43.3 Å². The Morgan fingerprint density at radius 1 is 1.34 bits per heavy atom. The van der Waals surface area contributed by atoms with Gasteiger partial charge < -0.3 is 21.1 Å². The summed E-state index contributed by atoms with van der Waals surface area (Å²) >= 11 is 0. The zero-order valence-corrected chi connectivity index (χ0v) is 17.5. The van der Waals surface area contributed by atoms with E-state index in [1.807, 2.05) is 0 Å². The maximum absolute atomic E-state index is 12.9. The first-order valence-electron chi connectivity index (χ1n) is 10.2. The largest absolute Gasteiger partial charge is 0.404 e. The molecule has 166 valence electrons. The Bertz CT molecular complexity index is 1360. The number of hydrogen-bond donors (Lipinski definition) is 5. The van der Waals surface area contributed by atoms with Gasteiger partial charge >= 0.3 is 5.69 Å². The summed E-state index contributed by atoms with van der Waals surface area (Å²) in [4.78, 5) is 38.6. The quantitative estimate of drug-likeness (QED) is 0.225. The number of likely N-dealkylation sites (tertiary alicyclic amines) is 1. The molecule has 1 aliphatic rings. The van der Waals surface area contributed by atoms with Crippen molar-refractivity contribution in [3.8, 4) is 0 Å². The van der Waals surface area contributed by atoms with Crippen molar-refractivity contribution in [2.45, 2.75) is 31.9 Å². The standard InChI is InChI=1S/C21H24N8O3/c1-11(30)19(24)28-6-4-13(5-7-28)29-18-14(20(31)27-21(29)32)10-25-16-3-2-15(26-17(16)18)12(8-22)9-23/h2-3,8-11,13,22,24,30H,4-7,23H2,1H3,(H,27,31,32)/b12-9+,22-8?,24-19?/t11-/m0/s1. The summed E-state index contributed by atoms with van der Waals surface area (Å²) in [7, 11) is 0. The Labute approximate surface area is 182 Å². The molecule has 3 aromatic rings. The topological polar surface area (TPSA) is 178 Å². The second-order valence-corrected chi connectivity index (χ2v) is 7.76. The van der Waals surface area contributed by atoms with Gasteiger partial charge in [0.1, 0.15) is 17.5 Å². The lowest BCUT2D eigenvalue weighted by Crippen LogP contribution is -2.44. The summed E-state index contributed by atoms with van der Waals surface area (Å²) < 4.78 is 1.55. The maximum Gasteiger partial charge on any atom is 0.329 e. The third-order valence-electron chi connectivity index (χ3n) is 5.81. The molecule has 6 N–H and O–H groups in total. The summed E-state index contributed by atoms with van der Waals surface area (Å²) in [5, 5.41) is 25.5. The number of nitrogens with one attached hydrogen (secondary N) is 3. The molecule has 0 spiro atoms. The van der Waals surface area contributed by atoms with Gasteiger partial charge in [0.05, 0.1) is 22.1 Å². The molecular weight excluding hydrogens is 412 g/mol. The lowest BCUT2D eigenvalue weighted by molar-refractivity contribution is 0.208. The van der Waals surface area contributed by atoms with E-state index >= 15 is 0 Å². The van der Waals surface area contributed by atoms with Crippen LogP contribution in [0.1, 0.15) is 31.5 Å². The molecule has 0 amide bonds. The SMILES string of the molecule is C[C@H](O)C(=N)N1CCC(n2c(=O)[nH]c(=O)c3cnc4ccc(/C(C=N)=C/N)nc4c32)CC1. The maximum atomic E-state index is 12.9. The fraction of sp³-hybridized carbons (Fsp3) is 0.333. The number of allylic oxidation sites excluding steroid dienone is 1. The predicted molar refractivity (Wildman–Crippen MR) is 122 cm³/mol. The Kier molecular flexibility index (Phi) is 5.57. The van der Waals surface area contributed by atoms with Crippen LogP contribution in [-0.4, -0.2) is 60.8 Å². The molecule has 3 aromatic heterocycles. The zero-order valence-electron chi connectivity index (χ0n) is 17.5. The summed E-state index contributed by atoms with van der Waals surface area (Å²) in [5.74, 6) is 0.149.